The van der Waals surface area contributed by atoms with E-state index in [0.717, 1.165) is 45.2 Å². The smallest absolute Gasteiger partial charge is 0.243 e. The van der Waals surface area contributed by atoms with Crippen LogP contribution >= 0.6 is 0 Å². The Morgan fingerprint density at radius 2 is 1.48 bits per heavy atom. The molecule has 0 unspecified atom stereocenters. The Hall–Kier alpha value is -1.00. The topological polar surface area (TPSA) is 86.8 Å². The van der Waals surface area contributed by atoms with Crippen LogP contribution in [0.2, 0.25) is 0 Å². The van der Waals surface area contributed by atoms with Crippen LogP contribution in [0.25, 0.3) is 0 Å². The number of likely N-dealkylation sites (tertiary alicyclic amines) is 1. The molecule has 2 saturated heterocycles. The molecule has 2 heterocycles. The van der Waals surface area contributed by atoms with Crippen LogP contribution < -0.4 is 4.72 Å². The van der Waals surface area contributed by atoms with Gasteiger partial charge in [0.2, 0.25) is 20.0 Å². The normalized spacial score (nSPS) is 20.9. The molecule has 0 atom stereocenters. The Morgan fingerprint density at radius 1 is 0.926 bits per heavy atom. The van der Waals surface area contributed by atoms with E-state index in [0.29, 0.717) is 25.6 Å². The van der Waals surface area contributed by atoms with Crippen LogP contribution in [0, 0.1) is 5.92 Å². The molecule has 0 spiro atoms. The molecule has 2 aliphatic heterocycles. The summed E-state index contributed by atoms with van der Waals surface area (Å²) >= 11 is 0. The summed E-state index contributed by atoms with van der Waals surface area (Å²) in [6.07, 6.45) is 4.76. The van der Waals surface area contributed by atoms with E-state index in [-0.39, 0.29) is 9.79 Å². The van der Waals surface area contributed by atoms with Gasteiger partial charge in [-0.15, -0.1) is 0 Å². The molecule has 9 heteroatoms. The van der Waals surface area contributed by atoms with E-state index >= 15 is 0 Å². The molecule has 1 N–H and O–H groups in total. The number of rotatable bonds is 7. The first-order chi connectivity index (χ1) is 12.8. The lowest BCUT2D eigenvalue weighted by molar-refractivity contribution is 0.213. The van der Waals surface area contributed by atoms with E-state index in [1.807, 2.05) is 0 Å². The van der Waals surface area contributed by atoms with Crippen LogP contribution in [0.15, 0.2) is 34.1 Å². The van der Waals surface area contributed by atoms with E-state index in [9.17, 15) is 16.8 Å². The van der Waals surface area contributed by atoms with Crippen LogP contribution in [0.1, 0.15) is 32.1 Å². The molecule has 27 heavy (non-hydrogen) atoms. The van der Waals surface area contributed by atoms with Gasteiger partial charge in [-0.3, -0.25) is 0 Å². The van der Waals surface area contributed by atoms with E-state index in [2.05, 4.69) is 16.7 Å². The maximum atomic E-state index is 12.5. The maximum Gasteiger partial charge on any atom is 0.243 e. The third-order valence-electron chi connectivity index (χ3n) is 5.52. The van der Waals surface area contributed by atoms with Gasteiger partial charge in [-0.05, 0) is 82.4 Å². The van der Waals surface area contributed by atoms with Crippen molar-refractivity contribution in [2.45, 2.75) is 41.9 Å². The van der Waals surface area contributed by atoms with Crippen molar-refractivity contribution >= 4 is 20.0 Å². The predicted molar refractivity (Wildman–Crippen MR) is 104 cm³/mol. The van der Waals surface area contributed by atoms with Crippen molar-refractivity contribution in [3.63, 3.8) is 0 Å². The monoisotopic (exact) mass is 415 g/mol. The van der Waals surface area contributed by atoms with E-state index < -0.39 is 20.0 Å². The summed E-state index contributed by atoms with van der Waals surface area (Å²) in [6, 6.07) is 5.53. The molecule has 1 aromatic carbocycles. The van der Waals surface area contributed by atoms with Crippen molar-refractivity contribution in [3.8, 4) is 0 Å². The van der Waals surface area contributed by atoms with Gasteiger partial charge >= 0.3 is 0 Å². The summed E-state index contributed by atoms with van der Waals surface area (Å²) in [4.78, 5) is 2.54. The van der Waals surface area contributed by atoms with Gasteiger partial charge in [-0.1, -0.05) is 0 Å². The minimum atomic E-state index is -3.62. The Bertz CT molecular complexity index is 824. The average molecular weight is 416 g/mol. The molecule has 152 valence electrons. The number of hydrogen-bond acceptors (Lipinski definition) is 5. The van der Waals surface area contributed by atoms with Crippen molar-refractivity contribution in [2.24, 2.45) is 5.92 Å². The zero-order valence-electron chi connectivity index (χ0n) is 15.8. The summed E-state index contributed by atoms with van der Waals surface area (Å²) < 4.78 is 54.1. The minimum absolute atomic E-state index is 0.103. The van der Waals surface area contributed by atoms with Gasteiger partial charge in [0.25, 0.3) is 0 Å². The Balaban J connectivity index is 1.58. The van der Waals surface area contributed by atoms with Gasteiger partial charge < -0.3 is 4.90 Å². The maximum absolute atomic E-state index is 12.5. The SMILES string of the molecule is CN1CCC(CCNS(=O)(=O)c2ccc(S(=O)(=O)N3CCCC3)cc2)CC1. The van der Waals surface area contributed by atoms with Gasteiger partial charge in [0.05, 0.1) is 9.79 Å². The fourth-order valence-corrected chi connectivity index (χ4v) is 6.26. The molecular formula is C18H29N3O4S2. The number of nitrogens with one attached hydrogen (secondary N) is 1. The molecule has 0 bridgehead atoms. The standard InChI is InChI=1S/C18H29N3O4S2/c1-20-14-9-16(10-15-20)8-11-19-26(22,23)17-4-6-18(7-5-17)27(24,25)21-12-2-3-13-21/h4-7,16,19H,2-3,8-15H2,1H3. The van der Waals surface area contributed by atoms with Crippen molar-refractivity contribution in [1.82, 2.24) is 13.9 Å². The average Bonchev–Trinajstić information content (AvgIpc) is 3.19. The molecule has 0 radical (unpaired) electrons. The second-order valence-electron chi connectivity index (χ2n) is 7.52. The van der Waals surface area contributed by atoms with Crippen molar-refractivity contribution in [2.75, 3.05) is 39.8 Å². The minimum Gasteiger partial charge on any atom is -0.306 e. The first kappa shape index (κ1) is 20.7. The fourth-order valence-electron chi connectivity index (χ4n) is 3.70. The highest BCUT2D eigenvalue weighted by atomic mass is 32.2. The zero-order chi connectivity index (χ0) is 19.5. The molecule has 3 rings (SSSR count). The molecule has 2 fully saturated rings. The lowest BCUT2D eigenvalue weighted by atomic mass is 9.94. The molecule has 0 aromatic heterocycles. The number of benzene rings is 1. The van der Waals surface area contributed by atoms with Crippen LogP contribution in [-0.4, -0.2) is 65.8 Å². The molecular weight excluding hydrogens is 386 g/mol. The molecule has 1 aromatic rings. The van der Waals surface area contributed by atoms with E-state index in [4.69, 9.17) is 0 Å². The Morgan fingerprint density at radius 3 is 2.07 bits per heavy atom. The number of piperidine rings is 1. The van der Waals surface area contributed by atoms with Crippen molar-refractivity contribution in [3.05, 3.63) is 24.3 Å². The molecule has 0 aliphatic carbocycles. The fraction of sp³-hybridized carbons (Fsp3) is 0.667. The van der Waals surface area contributed by atoms with Crippen molar-refractivity contribution in [1.29, 1.82) is 0 Å². The van der Waals surface area contributed by atoms with Gasteiger partial charge in [0.1, 0.15) is 0 Å². The third kappa shape index (κ3) is 5.08. The summed E-state index contributed by atoms with van der Waals surface area (Å²) in [6.45, 7) is 3.58. The van der Waals surface area contributed by atoms with Crippen LogP contribution in [0.4, 0.5) is 0 Å². The molecule has 0 amide bonds. The molecule has 7 nitrogen and oxygen atoms in total. The highest BCUT2D eigenvalue weighted by Gasteiger charge is 2.27. The summed E-state index contributed by atoms with van der Waals surface area (Å²) in [5.74, 6) is 0.553. The largest absolute Gasteiger partial charge is 0.306 e. The third-order valence-corrected chi connectivity index (χ3v) is 8.91. The number of hydrogen-bond donors (Lipinski definition) is 1. The summed E-state index contributed by atoms with van der Waals surface area (Å²) in [7, 11) is -5.04. The summed E-state index contributed by atoms with van der Waals surface area (Å²) in [5.41, 5.74) is 0. The quantitative estimate of drug-likeness (QED) is 0.729. The molecule has 2 aliphatic rings. The number of nitrogens with zero attached hydrogens (tertiary/aromatic N) is 2. The highest BCUT2D eigenvalue weighted by Crippen LogP contribution is 2.22. The zero-order valence-corrected chi connectivity index (χ0v) is 17.4. The van der Waals surface area contributed by atoms with Gasteiger partial charge in [0.15, 0.2) is 0 Å². The van der Waals surface area contributed by atoms with Crippen LogP contribution in [-0.2, 0) is 20.0 Å². The molecule has 0 saturated carbocycles. The predicted octanol–water partition coefficient (Wildman–Crippen LogP) is 1.48. The Labute approximate surface area is 162 Å². The van der Waals surface area contributed by atoms with Crippen LogP contribution in [0.5, 0.6) is 0 Å². The van der Waals surface area contributed by atoms with Gasteiger partial charge in [-0.2, -0.15) is 4.31 Å². The van der Waals surface area contributed by atoms with E-state index in [1.165, 1.54) is 28.6 Å². The second kappa shape index (κ2) is 8.57. The van der Waals surface area contributed by atoms with Gasteiger partial charge in [-0.25, -0.2) is 21.6 Å². The summed E-state index contributed by atoms with van der Waals surface area (Å²) in [5, 5.41) is 0. The second-order valence-corrected chi connectivity index (χ2v) is 11.2. The van der Waals surface area contributed by atoms with Crippen molar-refractivity contribution < 1.29 is 16.8 Å². The first-order valence-electron chi connectivity index (χ1n) is 9.57. The first-order valence-corrected chi connectivity index (χ1v) is 12.5. The number of sulfonamides is 2. The lowest BCUT2D eigenvalue weighted by Crippen LogP contribution is -2.32. The highest BCUT2D eigenvalue weighted by molar-refractivity contribution is 7.89. The lowest BCUT2D eigenvalue weighted by Gasteiger charge is -2.28. The Kier molecular flexibility index (Phi) is 6.58. The van der Waals surface area contributed by atoms with Gasteiger partial charge in [0, 0.05) is 19.6 Å². The van der Waals surface area contributed by atoms with Crippen LogP contribution in [0.3, 0.4) is 0 Å². The van der Waals surface area contributed by atoms with E-state index in [1.54, 1.807) is 0 Å².